The molecule has 1 unspecified atom stereocenters. The topological polar surface area (TPSA) is 75.3 Å². The zero-order chi connectivity index (χ0) is 15.3. The summed E-state index contributed by atoms with van der Waals surface area (Å²) in [4.78, 5) is 11.8. The van der Waals surface area contributed by atoms with Crippen LogP contribution in [0.5, 0.6) is 0 Å². The van der Waals surface area contributed by atoms with E-state index in [4.69, 9.17) is 0 Å². The number of carbonyl (C=O) groups excluding carboxylic acids is 1. The highest BCUT2D eigenvalue weighted by molar-refractivity contribution is 7.91. The molecule has 2 rings (SSSR count). The third-order valence-corrected chi connectivity index (χ3v) is 5.52. The van der Waals surface area contributed by atoms with Gasteiger partial charge in [0.25, 0.3) is 0 Å². The summed E-state index contributed by atoms with van der Waals surface area (Å²) in [6.07, 6.45) is 1.01. The Morgan fingerprint density at radius 1 is 1.33 bits per heavy atom. The molecule has 21 heavy (non-hydrogen) atoms. The number of amides is 1. The van der Waals surface area contributed by atoms with Gasteiger partial charge in [-0.3, -0.25) is 4.79 Å². The van der Waals surface area contributed by atoms with Crippen molar-refractivity contribution in [1.82, 2.24) is 10.6 Å². The molecule has 1 heterocycles. The van der Waals surface area contributed by atoms with E-state index >= 15 is 0 Å². The van der Waals surface area contributed by atoms with Crippen molar-refractivity contribution >= 4 is 15.7 Å². The SMILES string of the molecule is Cc1ccccc1CNC(=O)CCNC1CCS(=O)(=O)C1. The van der Waals surface area contributed by atoms with E-state index in [1.807, 2.05) is 31.2 Å². The summed E-state index contributed by atoms with van der Waals surface area (Å²) in [7, 11) is -2.86. The second kappa shape index (κ2) is 7.04. The first-order valence-corrected chi connectivity index (χ1v) is 9.03. The fourth-order valence-corrected chi connectivity index (χ4v) is 4.14. The van der Waals surface area contributed by atoms with Gasteiger partial charge in [0.2, 0.25) is 5.91 Å². The van der Waals surface area contributed by atoms with Crippen LogP contribution in [-0.2, 0) is 21.2 Å². The van der Waals surface area contributed by atoms with E-state index in [2.05, 4.69) is 10.6 Å². The van der Waals surface area contributed by atoms with Crippen LogP contribution in [0.3, 0.4) is 0 Å². The lowest BCUT2D eigenvalue weighted by atomic mass is 10.1. The van der Waals surface area contributed by atoms with Gasteiger partial charge in [0.1, 0.15) is 0 Å². The van der Waals surface area contributed by atoms with Crippen molar-refractivity contribution in [3.05, 3.63) is 35.4 Å². The lowest BCUT2D eigenvalue weighted by Crippen LogP contribution is -2.34. The average Bonchev–Trinajstić information content (AvgIpc) is 2.77. The number of nitrogens with one attached hydrogen (secondary N) is 2. The van der Waals surface area contributed by atoms with Gasteiger partial charge in [0.05, 0.1) is 11.5 Å². The Bertz CT molecular complexity index is 599. The Balaban J connectivity index is 1.65. The Hall–Kier alpha value is -1.40. The zero-order valence-corrected chi connectivity index (χ0v) is 13.1. The third kappa shape index (κ3) is 5.13. The molecule has 0 aliphatic carbocycles. The molecule has 116 valence electrons. The monoisotopic (exact) mass is 310 g/mol. The summed E-state index contributed by atoms with van der Waals surface area (Å²) in [5.41, 5.74) is 2.27. The van der Waals surface area contributed by atoms with Crippen molar-refractivity contribution in [3.8, 4) is 0 Å². The lowest BCUT2D eigenvalue weighted by molar-refractivity contribution is -0.121. The van der Waals surface area contributed by atoms with Crippen LogP contribution in [0.15, 0.2) is 24.3 Å². The molecule has 1 fully saturated rings. The molecule has 0 bridgehead atoms. The van der Waals surface area contributed by atoms with Gasteiger partial charge < -0.3 is 10.6 Å². The maximum absolute atomic E-state index is 11.8. The van der Waals surface area contributed by atoms with Crippen LogP contribution < -0.4 is 10.6 Å². The zero-order valence-electron chi connectivity index (χ0n) is 12.3. The molecule has 1 aliphatic rings. The van der Waals surface area contributed by atoms with Crippen LogP contribution in [0.4, 0.5) is 0 Å². The molecule has 0 aromatic heterocycles. The minimum Gasteiger partial charge on any atom is -0.352 e. The summed E-state index contributed by atoms with van der Waals surface area (Å²) in [6.45, 7) is 3.06. The van der Waals surface area contributed by atoms with Crippen LogP contribution in [0, 0.1) is 6.92 Å². The summed E-state index contributed by atoms with van der Waals surface area (Å²) in [5.74, 6) is 0.425. The fraction of sp³-hybridized carbons (Fsp3) is 0.533. The van der Waals surface area contributed by atoms with Gasteiger partial charge >= 0.3 is 0 Å². The molecule has 0 radical (unpaired) electrons. The minimum absolute atomic E-state index is 0.000771. The average molecular weight is 310 g/mol. The standard InChI is InChI=1S/C15H22N2O3S/c1-12-4-2-3-5-13(12)10-17-15(18)6-8-16-14-7-9-21(19,20)11-14/h2-5,14,16H,6-11H2,1H3,(H,17,18). The van der Waals surface area contributed by atoms with E-state index in [-0.39, 0.29) is 23.5 Å². The first kappa shape index (κ1) is 16.0. The predicted octanol–water partition coefficient (Wildman–Crippen LogP) is 0.778. The molecule has 1 aliphatic heterocycles. The molecular formula is C15H22N2O3S. The van der Waals surface area contributed by atoms with E-state index in [0.717, 1.165) is 11.1 Å². The number of rotatable bonds is 6. The number of hydrogen-bond acceptors (Lipinski definition) is 4. The number of benzene rings is 1. The molecule has 1 aromatic rings. The number of sulfone groups is 1. The molecule has 1 atom stereocenters. The van der Waals surface area contributed by atoms with Gasteiger partial charge in [-0.05, 0) is 24.5 Å². The highest BCUT2D eigenvalue weighted by atomic mass is 32.2. The highest BCUT2D eigenvalue weighted by Gasteiger charge is 2.27. The maximum atomic E-state index is 11.8. The maximum Gasteiger partial charge on any atom is 0.221 e. The van der Waals surface area contributed by atoms with Crippen LogP contribution in [0.2, 0.25) is 0 Å². The van der Waals surface area contributed by atoms with Crippen molar-refractivity contribution in [2.24, 2.45) is 0 Å². The fourth-order valence-electron chi connectivity index (χ4n) is 2.44. The Morgan fingerprint density at radius 3 is 2.76 bits per heavy atom. The lowest BCUT2D eigenvalue weighted by Gasteiger charge is -2.11. The van der Waals surface area contributed by atoms with Gasteiger partial charge in [0, 0.05) is 25.6 Å². The molecule has 6 heteroatoms. The quantitative estimate of drug-likeness (QED) is 0.814. The smallest absolute Gasteiger partial charge is 0.221 e. The second-order valence-corrected chi connectivity index (χ2v) is 7.74. The Labute approximate surface area is 126 Å². The molecule has 5 nitrogen and oxygen atoms in total. The molecule has 1 aromatic carbocycles. The van der Waals surface area contributed by atoms with E-state index in [1.54, 1.807) is 0 Å². The van der Waals surface area contributed by atoms with Gasteiger partial charge in [0.15, 0.2) is 9.84 Å². The van der Waals surface area contributed by atoms with E-state index < -0.39 is 9.84 Å². The summed E-state index contributed by atoms with van der Waals surface area (Å²) < 4.78 is 22.6. The van der Waals surface area contributed by atoms with Crippen LogP contribution in [0.25, 0.3) is 0 Å². The van der Waals surface area contributed by atoms with Crippen LogP contribution in [0.1, 0.15) is 24.0 Å². The van der Waals surface area contributed by atoms with Gasteiger partial charge in [-0.2, -0.15) is 0 Å². The summed E-state index contributed by atoms with van der Waals surface area (Å²) in [5, 5.41) is 6.02. The Kier molecular flexibility index (Phi) is 5.36. The van der Waals surface area contributed by atoms with Crippen molar-refractivity contribution in [3.63, 3.8) is 0 Å². The van der Waals surface area contributed by atoms with Crippen molar-refractivity contribution in [2.75, 3.05) is 18.1 Å². The predicted molar refractivity (Wildman–Crippen MR) is 82.7 cm³/mol. The Morgan fingerprint density at radius 2 is 2.10 bits per heavy atom. The molecule has 1 saturated heterocycles. The van der Waals surface area contributed by atoms with Gasteiger partial charge in [-0.1, -0.05) is 24.3 Å². The third-order valence-electron chi connectivity index (χ3n) is 3.75. The van der Waals surface area contributed by atoms with E-state index in [1.165, 1.54) is 0 Å². The molecule has 1 amide bonds. The molecule has 0 saturated carbocycles. The van der Waals surface area contributed by atoms with Crippen molar-refractivity contribution < 1.29 is 13.2 Å². The molecule has 2 N–H and O–H groups in total. The largest absolute Gasteiger partial charge is 0.352 e. The molecular weight excluding hydrogens is 288 g/mol. The van der Waals surface area contributed by atoms with Crippen molar-refractivity contribution in [1.29, 1.82) is 0 Å². The number of carbonyl (C=O) groups is 1. The normalized spacial score (nSPS) is 20.3. The second-order valence-electron chi connectivity index (χ2n) is 5.51. The van der Waals surface area contributed by atoms with Crippen LogP contribution >= 0.6 is 0 Å². The molecule has 0 spiro atoms. The first-order valence-electron chi connectivity index (χ1n) is 7.21. The first-order chi connectivity index (χ1) is 9.96. The highest BCUT2D eigenvalue weighted by Crippen LogP contribution is 2.11. The minimum atomic E-state index is -2.86. The van der Waals surface area contributed by atoms with Crippen molar-refractivity contribution in [2.45, 2.75) is 32.4 Å². The summed E-state index contributed by atoms with van der Waals surface area (Å²) in [6, 6.07) is 7.94. The van der Waals surface area contributed by atoms with Gasteiger partial charge in [-0.25, -0.2) is 8.42 Å². The number of hydrogen-bond donors (Lipinski definition) is 2. The number of aryl methyl sites for hydroxylation is 1. The summed E-state index contributed by atoms with van der Waals surface area (Å²) >= 11 is 0. The van der Waals surface area contributed by atoms with E-state index in [0.29, 0.717) is 25.9 Å². The van der Waals surface area contributed by atoms with Gasteiger partial charge in [-0.15, -0.1) is 0 Å². The van der Waals surface area contributed by atoms with Crippen LogP contribution in [-0.4, -0.2) is 38.4 Å². The van der Waals surface area contributed by atoms with E-state index in [9.17, 15) is 13.2 Å².